The maximum atomic E-state index is 12.6. The molecule has 6 nitrogen and oxygen atoms in total. The third kappa shape index (κ3) is 3.96. The Morgan fingerprint density at radius 2 is 1.89 bits per heavy atom. The number of hydrogen-bond donors (Lipinski definition) is 2. The van der Waals surface area contributed by atoms with Crippen molar-refractivity contribution in [3.8, 4) is 0 Å². The summed E-state index contributed by atoms with van der Waals surface area (Å²) < 4.78 is 5.61. The number of fused-ring (bicyclic) bond motifs is 1. The van der Waals surface area contributed by atoms with Crippen molar-refractivity contribution >= 4 is 16.8 Å². The van der Waals surface area contributed by atoms with Crippen molar-refractivity contribution in [1.82, 2.24) is 20.5 Å². The lowest BCUT2D eigenvalue weighted by atomic mass is 9.95. The summed E-state index contributed by atoms with van der Waals surface area (Å²) in [7, 11) is 0. The summed E-state index contributed by atoms with van der Waals surface area (Å²) in [6.07, 6.45) is 3.04. The van der Waals surface area contributed by atoms with Gasteiger partial charge in [0.15, 0.2) is 0 Å². The van der Waals surface area contributed by atoms with E-state index < -0.39 is 0 Å². The Bertz CT molecular complexity index is 1070. The van der Waals surface area contributed by atoms with Gasteiger partial charge in [-0.25, -0.2) is 0 Å². The zero-order valence-electron chi connectivity index (χ0n) is 15.7. The SMILES string of the molecule is Cc1nnc(C(CC(=O)NCCc2c[nH]c3ccccc23)c2ccccc2)o1. The van der Waals surface area contributed by atoms with E-state index in [4.69, 9.17) is 4.42 Å². The van der Waals surface area contributed by atoms with E-state index in [0.29, 0.717) is 18.3 Å². The van der Waals surface area contributed by atoms with Crippen LogP contribution >= 0.6 is 0 Å². The number of hydrogen-bond acceptors (Lipinski definition) is 4. The summed E-state index contributed by atoms with van der Waals surface area (Å²) in [5.41, 5.74) is 3.29. The largest absolute Gasteiger partial charge is 0.425 e. The van der Waals surface area contributed by atoms with E-state index in [-0.39, 0.29) is 18.2 Å². The first kappa shape index (κ1) is 18.0. The van der Waals surface area contributed by atoms with Crippen LogP contribution in [-0.2, 0) is 11.2 Å². The van der Waals surface area contributed by atoms with Crippen molar-refractivity contribution in [2.24, 2.45) is 0 Å². The van der Waals surface area contributed by atoms with Gasteiger partial charge >= 0.3 is 0 Å². The number of amides is 1. The van der Waals surface area contributed by atoms with Crippen LogP contribution in [0.5, 0.6) is 0 Å². The first-order valence-corrected chi connectivity index (χ1v) is 9.37. The average molecular weight is 374 g/mol. The molecular weight excluding hydrogens is 352 g/mol. The molecule has 0 fully saturated rings. The van der Waals surface area contributed by atoms with Gasteiger partial charge in [-0.2, -0.15) is 0 Å². The Morgan fingerprint density at radius 1 is 1.11 bits per heavy atom. The van der Waals surface area contributed by atoms with Crippen LogP contribution in [0.2, 0.25) is 0 Å². The molecule has 0 bridgehead atoms. The van der Waals surface area contributed by atoms with Crippen LogP contribution in [-0.4, -0.2) is 27.6 Å². The number of benzene rings is 2. The number of H-pyrrole nitrogens is 1. The molecule has 1 unspecified atom stereocenters. The standard InChI is InChI=1S/C22H22N4O2/c1-15-25-26-22(28-15)19(16-7-3-2-4-8-16)13-21(27)23-12-11-17-14-24-20-10-6-5-9-18(17)20/h2-10,14,19,24H,11-13H2,1H3,(H,23,27). The van der Waals surface area contributed by atoms with Crippen molar-refractivity contribution in [1.29, 1.82) is 0 Å². The lowest BCUT2D eigenvalue weighted by Gasteiger charge is -2.13. The summed E-state index contributed by atoms with van der Waals surface area (Å²) >= 11 is 0. The van der Waals surface area contributed by atoms with Gasteiger partial charge in [0, 0.05) is 37.0 Å². The molecule has 0 aliphatic heterocycles. The number of rotatable bonds is 7. The van der Waals surface area contributed by atoms with Crippen molar-refractivity contribution in [3.63, 3.8) is 0 Å². The third-order valence-electron chi connectivity index (χ3n) is 4.82. The van der Waals surface area contributed by atoms with Gasteiger partial charge in [-0.05, 0) is 23.6 Å². The minimum atomic E-state index is -0.254. The van der Waals surface area contributed by atoms with E-state index in [9.17, 15) is 4.79 Å². The molecule has 0 aliphatic carbocycles. The van der Waals surface area contributed by atoms with Gasteiger partial charge in [-0.3, -0.25) is 4.79 Å². The minimum Gasteiger partial charge on any atom is -0.425 e. The Balaban J connectivity index is 1.40. The lowest BCUT2D eigenvalue weighted by molar-refractivity contribution is -0.121. The fraction of sp³-hybridized carbons (Fsp3) is 0.227. The van der Waals surface area contributed by atoms with Crippen LogP contribution < -0.4 is 5.32 Å². The third-order valence-corrected chi connectivity index (χ3v) is 4.82. The number of nitrogens with one attached hydrogen (secondary N) is 2. The fourth-order valence-corrected chi connectivity index (χ4v) is 3.42. The predicted octanol–water partition coefficient (Wildman–Crippen LogP) is 3.74. The molecule has 6 heteroatoms. The van der Waals surface area contributed by atoms with Gasteiger partial charge in [0.05, 0.1) is 5.92 Å². The number of para-hydroxylation sites is 1. The topological polar surface area (TPSA) is 83.8 Å². The Kier molecular flexibility index (Phi) is 5.19. The van der Waals surface area contributed by atoms with E-state index >= 15 is 0 Å². The van der Waals surface area contributed by atoms with Crippen LogP contribution in [0.1, 0.15) is 35.2 Å². The monoisotopic (exact) mass is 374 g/mol. The summed E-state index contributed by atoms with van der Waals surface area (Å²) in [5, 5.41) is 12.3. The van der Waals surface area contributed by atoms with Gasteiger partial charge in [-0.15, -0.1) is 10.2 Å². The number of aromatic amines is 1. The molecule has 2 heterocycles. The van der Waals surface area contributed by atoms with E-state index in [2.05, 4.69) is 26.6 Å². The second-order valence-corrected chi connectivity index (χ2v) is 6.79. The summed E-state index contributed by atoms with van der Waals surface area (Å²) in [6, 6.07) is 18.0. The first-order valence-electron chi connectivity index (χ1n) is 9.37. The summed E-state index contributed by atoms with van der Waals surface area (Å²) in [5.74, 6) is 0.672. The second kappa shape index (κ2) is 8.08. The van der Waals surface area contributed by atoms with Gasteiger partial charge in [-0.1, -0.05) is 48.5 Å². The quantitative estimate of drug-likeness (QED) is 0.516. The lowest BCUT2D eigenvalue weighted by Crippen LogP contribution is -2.27. The van der Waals surface area contributed by atoms with Crippen molar-refractivity contribution in [2.75, 3.05) is 6.54 Å². The minimum absolute atomic E-state index is 0.0375. The van der Waals surface area contributed by atoms with Crippen LogP contribution in [0.15, 0.2) is 65.2 Å². The first-order chi connectivity index (χ1) is 13.7. The highest BCUT2D eigenvalue weighted by atomic mass is 16.4. The maximum Gasteiger partial charge on any atom is 0.224 e. The second-order valence-electron chi connectivity index (χ2n) is 6.79. The molecule has 142 valence electrons. The van der Waals surface area contributed by atoms with Crippen molar-refractivity contribution in [3.05, 3.63) is 83.7 Å². The zero-order chi connectivity index (χ0) is 19.3. The van der Waals surface area contributed by atoms with Gasteiger partial charge in [0.2, 0.25) is 17.7 Å². The van der Waals surface area contributed by atoms with E-state index in [1.54, 1.807) is 6.92 Å². The van der Waals surface area contributed by atoms with Crippen LogP contribution in [0.3, 0.4) is 0 Å². The molecule has 4 rings (SSSR count). The molecule has 4 aromatic rings. The van der Waals surface area contributed by atoms with E-state index in [1.807, 2.05) is 54.7 Å². The summed E-state index contributed by atoms with van der Waals surface area (Å²) in [4.78, 5) is 15.9. The number of nitrogens with zero attached hydrogens (tertiary/aromatic N) is 2. The van der Waals surface area contributed by atoms with Crippen molar-refractivity contribution in [2.45, 2.75) is 25.7 Å². The fourth-order valence-electron chi connectivity index (χ4n) is 3.42. The number of aryl methyl sites for hydroxylation is 1. The molecule has 0 aliphatic rings. The maximum absolute atomic E-state index is 12.6. The summed E-state index contributed by atoms with van der Waals surface area (Å²) in [6.45, 7) is 2.32. The van der Waals surface area contributed by atoms with Crippen LogP contribution in [0.25, 0.3) is 10.9 Å². The molecule has 2 N–H and O–H groups in total. The Hall–Kier alpha value is -3.41. The Labute approximate surface area is 163 Å². The average Bonchev–Trinajstić information content (AvgIpc) is 3.33. The number of carbonyl (C=O) groups excluding carboxylic acids is 1. The molecule has 0 radical (unpaired) electrons. The van der Waals surface area contributed by atoms with Gasteiger partial charge in [0.1, 0.15) is 0 Å². The Morgan fingerprint density at radius 3 is 2.68 bits per heavy atom. The number of aromatic nitrogens is 3. The zero-order valence-corrected chi connectivity index (χ0v) is 15.7. The number of carbonyl (C=O) groups is 1. The molecule has 2 aromatic heterocycles. The van der Waals surface area contributed by atoms with E-state index in [0.717, 1.165) is 17.5 Å². The normalized spacial score (nSPS) is 12.2. The molecule has 28 heavy (non-hydrogen) atoms. The molecule has 0 saturated carbocycles. The van der Waals surface area contributed by atoms with Crippen LogP contribution in [0, 0.1) is 6.92 Å². The molecule has 2 aromatic carbocycles. The van der Waals surface area contributed by atoms with E-state index in [1.165, 1.54) is 10.9 Å². The molecule has 1 atom stereocenters. The van der Waals surface area contributed by atoms with Crippen molar-refractivity contribution < 1.29 is 9.21 Å². The van der Waals surface area contributed by atoms with Gasteiger partial charge in [0.25, 0.3) is 0 Å². The van der Waals surface area contributed by atoms with Crippen LogP contribution in [0.4, 0.5) is 0 Å². The smallest absolute Gasteiger partial charge is 0.224 e. The molecule has 0 saturated heterocycles. The molecule has 1 amide bonds. The highest BCUT2D eigenvalue weighted by Crippen LogP contribution is 2.27. The van der Waals surface area contributed by atoms with Gasteiger partial charge < -0.3 is 14.7 Å². The highest BCUT2D eigenvalue weighted by Gasteiger charge is 2.23. The molecular formula is C22H22N4O2. The predicted molar refractivity (Wildman–Crippen MR) is 107 cm³/mol. The molecule has 0 spiro atoms. The highest BCUT2D eigenvalue weighted by molar-refractivity contribution is 5.83.